The molecule has 0 spiro atoms. The molecule has 7 nitrogen and oxygen atoms in total. The van der Waals surface area contributed by atoms with Gasteiger partial charge in [-0.3, -0.25) is 19.4 Å². The van der Waals surface area contributed by atoms with E-state index >= 15 is 0 Å². The van der Waals surface area contributed by atoms with E-state index in [2.05, 4.69) is 10.2 Å². The molecule has 2 aliphatic rings. The number of morpholine rings is 1. The van der Waals surface area contributed by atoms with E-state index in [-0.39, 0.29) is 23.5 Å². The SMILES string of the molecule is CCOc1ccc(C2=C(Nc3ccc(F)c(F)c3)C(=O)N(CCN3CCOCC3)C2=O)cc1. The molecule has 174 valence electrons. The van der Waals surface area contributed by atoms with Crippen LogP contribution in [0.1, 0.15) is 12.5 Å². The molecule has 4 rings (SSSR count). The van der Waals surface area contributed by atoms with Crippen LogP contribution >= 0.6 is 0 Å². The lowest BCUT2D eigenvalue weighted by Crippen LogP contribution is -2.43. The van der Waals surface area contributed by atoms with E-state index < -0.39 is 23.4 Å². The number of anilines is 1. The molecule has 2 aliphatic heterocycles. The normalized spacial score (nSPS) is 17.1. The largest absolute Gasteiger partial charge is 0.494 e. The summed E-state index contributed by atoms with van der Waals surface area (Å²) >= 11 is 0. The fourth-order valence-corrected chi connectivity index (χ4v) is 3.83. The third-order valence-electron chi connectivity index (χ3n) is 5.55. The molecule has 1 N–H and O–H groups in total. The van der Waals surface area contributed by atoms with Crippen LogP contribution in [0.2, 0.25) is 0 Å². The van der Waals surface area contributed by atoms with Crippen LogP contribution in [0, 0.1) is 11.6 Å². The number of rotatable bonds is 8. The number of imide groups is 1. The van der Waals surface area contributed by atoms with Crippen molar-refractivity contribution in [1.29, 1.82) is 0 Å². The van der Waals surface area contributed by atoms with Crippen LogP contribution in [0.15, 0.2) is 48.2 Å². The Morgan fingerprint density at radius 1 is 0.970 bits per heavy atom. The van der Waals surface area contributed by atoms with Crippen molar-refractivity contribution in [3.63, 3.8) is 0 Å². The van der Waals surface area contributed by atoms with Gasteiger partial charge in [0.1, 0.15) is 11.4 Å². The number of benzene rings is 2. The average molecular weight is 457 g/mol. The van der Waals surface area contributed by atoms with Gasteiger partial charge >= 0.3 is 0 Å². The number of hydrogen-bond donors (Lipinski definition) is 1. The van der Waals surface area contributed by atoms with Crippen LogP contribution in [0.4, 0.5) is 14.5 Å². The third kappa shape index (κ3) is 5.04. The zero-order valence-electron chi connectivity index (χ0n) is 18.3. The molecule has 0 saturated carbocycles. The maximum absolute atomic E-state index is 13.7. The highest BCUT2D eigenvalue weighted by Crippen LogP contribution is 2.31. The van der Waals surface area contributed by atoms with Gasteiger partial charge in [0.25, 0.3) is 11.8 Å². The Morgan fingerprint density at radius 2 is 1.70 bits per heavy atom. The maximum atomic E-state index is 13.7. The number of amides is 2. The summed E-state index contributed by atoms with van der Waals surface area (Å²) in [5, 5.41) is 2.84. The van der Waals surface area contributed by atoms with E-state index in [4.69, 9.17) is 9.47 Å². The van der Waals surface area contributed by atoms with Gasteiger partial charge in [-0.25, -0.2) is 8.78 Å². The molecule has 33 heavy (non-hydrogen) atoms. The van der Waals surface area contributed by atoms with E-state index in [0.717, 1.165) is 25.2 Å². The van der Waals surface area contributed by atoms with Gasteiger partial charge in [-0.15, -0.1) is 0 Å². The summed E-state index contributed by atoms with van der Waals surface area (Å²) < 4.78 is 37.9. The molecule has 0 aromatic heterocycles. The smallest absolute Gasteiger partial charge is 0.278 e. The van der Waals surface area contributed by atoms with Gasteiger partial charge in [-0.2, -0.15) is 0 Å². The summed E-state index contributed by atoms with van der Waals surface area (Å²) in [4.78, 5) is 29.9. The molecule has 2 aromatic rings. The highest BCUT2D eigenvalue weighted by molar-refractivity contribution is 6.36. The minimum absolute atomic E-state index is 0.0251. The minimum Gasteiger partial charge on any atom is -0.494 e. The molecule has 0 aliphatic carbocycles. The lowest BCUT2D eigenvalue weighted by atomic mass is 10.0. The van der Waals surface area contributed by atoms with Crippen LogP contribution in [0.3, 0.4) is 0 Å². The summed E-state index contributed by atoms with van der Waals surface area (Å²) in [6.07, 6.45) is 0. The van der Waals surface area contributed by atoms with Crippen molar-refractivity contribution in [3.8, 4) is 5.75 Å². The summed E-state index contributed by atoms with van der Waals surface area (Å²) in [6.45, 7) is 5.78. The van der Waals surface area contributed by atoms with Crippen LogP contribution in [0.5, 0.6) is 5.75 Å². The molecular formula is C24H25F2N3O4. The predicted octanol–water partition coefficient (Wildman–Crippen LogP) is 2.89. The monoisotopic (exact) mass is 457 g/mol. The number of nitrogens with zero attached hydrogens (tertiary/aromatic N) is 2. The average Bonchev–Trinajstić information content (AvgIpc) is 3.05. The fourth-order valence-electron chi connectivity index (χ4n) is 3.83. The van der Waals surface area contributed by atoms with Gasteiger partial charge in [0.15, 0.2) is 11.6 Å². The van der Waals surface area contributed by atoms with Gasteiger partial charge < -0.3 is 14.8 Å². The Labute approximate surface area is 190 Å². The van der Waals surface area contributed by atoms with Crippen molar-refractivity contribution >= 4 is 23.1 Å². The minimum atomic E-state index is -1.05. The Kier molecular flexibility index (Phi) is 7.00. The Balaban J connectivity index is 1.63. The first-order chi connectivity index (χ1) is 16.0. The quantitative estimate of drug-likeness (QED) is 0.615. The Hall–Kier alpha value is -3.30. The van der Waals surface area contributed by atoms with Gasteiger partial charge in [0, 0.05) is 37.9 Å². The molecule has 0 radical (unpaired) electrons. The molecule has 0 bridgehead atoms. The van der Waals surface area contributed by atoms with Crippen molar-refractivity contribution in [2.24, 2.45) is 0 Å². The van der Waals surface area contributed by atoms with Gasteiger partial charge in [0.05, 0.1) is 25.4 Å². The highest BCUT2D eigenvalue weighted by atomic mass is 19.2. The Morgan fingerprint density at radius 3 is 2.36 bits per heavy atom. The summed E-state index contributed by atoms with van der Waals surface area (Å²) in [5.74, 6) is -2.37. The number of halogens is 2. The first-order valence-corrected chi connectivity index (χ1v) is 10.8. The first kappa shape index (κ1) is 22.9. The molecule has 1 fully saturated rings. The van der Waals surface area contributed by atoms with Gasteiger partial charge in [0.2, 0.25) is 0 Å². The second-order valence-electron chi connectivity index (χ2n) is 7.68. The maximum Gasteiger partial charge on any atom is 0.278 e. The first-order valence-electron chi connectivity index (χ1n) is 10.8. The summed E-state index contributed by atoms with van der Waals surface area (Å²) in [6, 6.07) is 10.1. The molecule has 0 atom stereocenters. The number of carbonyl (C=O) groups is 2. The molecular weight excluding hydrogens is 432 g/mol. The predicted molar refractivity (Wildman–Crippen MR) is 118 cm³/mol. The van der Waals surface area contributed by atoms with E-state index in [1.807, 2.05) is 6.92 Å². The summed E-state index contributed by atoms with van der Waals surface area (Å²) in [7, 11) is 0. The summed E-state index contributed by atoms with van der Waals surface area (Å²) in [5.41, 5.74) is 0.895. The third-order valence-corrected chi connectivity index (χ3v) is 5.55. The second kappa shape index (κ2) is 10.1. The molecule has 2 amide bonds. The standard InChI is InChI=1S/C24H25F2N3O4/c1-2-33-18-6-3-16(4-7-18)21-22(27-17-5-8-19(25)20(26)15-17)24(31)29(23(21)30)10-9-28-11-13-32-14-12-28/h3-8,15,27H,2,9-14H2,1H3. The van der Waals surface area contributed by atoms with Crippen LogP contribution < -0.4 is 10.1 Å². The fraction of sp³-hybridized carbons (Fsp3) is 0.333. The van der Waals surface area contributed by atoms with Crippen molar-refractivity contribution in [2.75, 3.05) is 51.3 Å². The second-order valence-corrected chi connectivity index (χ2v) is 7.68. The highest BCUT2D eigenvalue weighted by Gasteiger charge is 2.39. The molecule has 2 heterocycles. The number of hydrogen-bond acceptors (Lipinski definition) is 6. The number of carbonyl (C=O) groups excluding carboxylic acids is 2. The molecule has 9 heteroatoms. The van der Waals surface area contributed by atoms with Crippen LogP contribution in [0.25, 0.3) is 5.57 Å². The van der Waals surface area contributed by atoms with Gasteiger partial charge in [-0.05, 0) is 36.8 Å². The van der Waals surface area contributed by atoms with Crippen LogP contribution in [-0.2, 0) is 14.3 Å². The Bertz CT molecular complexity index is 1070. The lowest BCUT2D eigenvalue weighted by Gasteiger charge is -2.28. The van der Waals surface area contributed by atoms with Crippen molar-refractivity contribution in [1.82, 2.24) is 9.80 Å². The van der Waals surface area contributed by atoms with E-state index in [1.165, 1.54) is 11.0 Å². The van der Waals surface area contributed by atoms with Crippen molar-refractivity contribution < 1.29 is 27.8 Å². The molecule has 1 saturated heterocycles. The van der Waals surface area contributed by atoms with Crippen molar-refractivity contribution in [2.45, 2.75) is 6.92 Å². The molecule has 2 aromatic carbocycles. The van der Waals surface area contributed by atoms with E-state index in [9.17, 15) is 18.4 Å². The van der Waals surface area contributed by atoms with Crippen molar-refractivity contribution in [3.05, 3.63) is 65.4 Å². The van der Waals surface area contributed by atoms with E-state index in [1.54, 1.807) is 24.3 Å². The van der Waals surface area contributed by atoms with Gasteiger partial charge in [-0.1, -0.05) is 12.1 Å². The topological polar surface area (TPSA) is 71.1 Å². The van der Waals surface area contributed by atoms with E-state index in [0.29, 0.717) is 37.7 Å². The van der Waals surface area contributed by atoms with Crippen LogP contribution in [-0.4, -0.2) is 67.6 Å². The zero-order valence-corrected chi connectivity index (χ0v) is 18.3. The lowest BCUT2D eigenvalue weighted by molar-refractivity contribution is -0.137. The zero-order chi connectivity index (χ0) is 23.4. The number of ether oxygens (including phenoxy) is 2. The number of nitrogens with one attached hydrogen (secondary N) is 1. The molecule has 0 unspecified atom stereocenters.